The van der Waals surface area contributed by atoms with Crippen molar-refractivity contribution in [3.8, 4) is 11.1 Å². The molecule has 0 aliphatic heterocycles. The van der Waals surface area contributed by atoms with Crippen LogP contribution in [0.15, 0.2) is 36.5 Å². The molecule has 4 heteroatoms. The van der Waals surface area contributed by atoms with E-state index in [4.69, 9.17) is 4.74 Å². The summed E-state index contributed by atoms with van der Waals surface area (Å²) in [5.74, 6) is -0.403. The largest absolute Gasteiger partial charge is 0.462 e. The van der Waals surface area contributed by atoms with E-state index >= 15 is 0 Å². The van der Waals surface area contributed by atoms with Gasteiger partial charge in [-0.05, 0) is 19.4 Å². The van der Waals surface area contributed by atoms with Crippen molar-refractivity contribution < 1.29 is 14.3 Å². The molecule has 0 radical (unpaired) electrons. The molecule has 0 saturated heterocycles. The van der Waals surface area contributed by atoms with Crippen molar-refractivity contribution in [3.63, 3.8) is 0 Å². The summed E-state index contributed by atoms with van der Waals surface area (Å²) in [6.07, 6.45) is 2.34. The highest BCUT2D eigenvalue weighted by molar-refractivity contribution is 5.99. The lowest BCUT2D eigenvalue weighted by molar-refractivity contribution is 0.0526. The van der Waals surface area contributed by atoms with Gasteiger partial charge in [0.2, 0.25) is 6.41 Å². The number of esters is 1. The van der Waals surface area contributed by atoms with E-state index in [1.54, 1.807) is 20.0 Å². The van der Waals surface area contributed by atoms with Crippen molar-refractivity contribution in [1.82, 2.24) is 4.57 Å². The quantitative estimate of drug-likeness (QED) is 0.625. The van der Waals surface area contributed by atoms with Gasteiger partial charge in [0.05, 0.1) is 12.2 Å². The van der Waals surface area contributed by atoms with Gasteiger partial charge in [-0.3, -0.25) is 9.36 Å². The summed E-state index contributed by atoms with van der Waals surface area (Å²) < 4.78 is 6.46. The lowest BCUT2D eigenvalue weighted by Gasteiger charge is -2.05. The van der Waals surface area contributed by atoms with Gasteiger partial charge in [0.1, 0.15) is 0 Å². The first-order chi connectivity index (χ1) is 9.19. The zero-order valence-corrected chi connectivity index (χ0v) is 10.9. The van der Waals surface area contributed by atoms with Crippen LogP contribution in [0.25, 0.3) is 11.1 Å². The number of aromatic nitrogens is 1. The highest BCUT2D eigenvalue weighted by atomic mass is 16.5. The average molecular weight is 257 g/mol. The van der Waals surface area contributed by atoms with Crippen LogP contribution >= 0.6 is 0 Å². The third-order valence-electron chi connectivity index (χ3n) is 2.96. The molecule has 1 aromatic carbocycles. The van der Waals surface area contributed by atoms with Gasteiger partial charge in [0.25, 0.3) is 0 Å². The number of nitrogens with zero attached hydrogens (tertiary/aromatic N) is 1. The first-order valence-electron chi connectivity index (χ1n) is 6.08. The Bertz CT molecular complexity index is 599. The molecule has 0 amide bonds. The standard InChI is InChI=1S/C15H15NO3/c1-3-19-15(18)14-11(2)16(10-17)9-13(14)12-7-5-4-6-8-12/h4-10H,3H2,1-2H3. The fourth-order valence-corrected chi connectivity index (χ4v) is 2.03. The zero-order chi connectivity index (χ0) is 13.8. The summed E-state index contributed by atoms with van der Waals surface area (Å²) in [4.78, 5) is 23.1. The van der Waals surface area contributed by atoms with E-state index in [1.165, 1.54) is 4.57 Å². The normalized spacial score (nSPS) is 10.2. The molecule has 0 aliphatic rings. The van der Waals surface area contributed by atoms with E-state index in [9.17, 15) is 9.59 Å². The van der Waals surface area contributed by atoms with Gasteiger partial charge in [-0.25, -0.2) is 4.79 Å². The molecule has 0 unspecified atom stereocenters. The number of carbonyl (C=O) groups is 2. The Morgan fingerprint density at radius 3 is 2.58 bits per heavy atom. The minimum Gasteiger partial charge on any atom is -0.462 e. The Balaban J connectivity index is 2.60. The monoisotopic (exact) mass is 257 g/mol. The Kier molecular flexibility index (Phi) is 3.80. The molecule has 0 bridgehead atoms. The SMILES string of the molecule is CCOC(=O)c1c(-c2ccccc2)cn(C=O)c1C. The molecular weight excluding hydrogens is 242 g/mol. The van der Waals surface area contributed by atoms with Crippen molar-refractivity contribution in [3.05, 3.63) is 47.8 Å². The molecule has 0 atom stereocenters. The van der Waals surface area contributed by atoms with Crippen molar-refractivity contribution in [2.75, 3.05) is 6.61 Å². The summed E-state index contributed by atoms with van der Waals surface area (Å²) in [5.41, 5.74) is 2.63. The van der Waals surface area contributed by atoms with Crippen LogP contribution in [-0.4, -0.2) is 23.6 Å². The molecule has 4 nitrogen and oxygen atoms in total. The van der Waals surface area contributed by atoms with E-state index in [2.05, 4.69) is 0 Å². The molecular formula is C15H15NO3. The van der Waals surface area contributed by atoms with Crippen molar-refractivity contribution in [2.24, 2.45) is 0 Å². The van der Waals surface area contributed by atoms with Crippen LogP contribution in [0.3, 0.4) is 0 Å². The fraction of sp³-hybridized carbons (Fsp3) is 0.200. The molecule has 98 valence electrons. The maximum Gasteiger partial charge on any atom is 0.340 e. The topological polar surface area (TPSA) is 48.3 Å². The summed E-state index contributed by atoms with van der Waals surface area (Å²) in [5, 5.41) is 0. The molecule has 2 aromatic rings. The Hall–Kier alpha value is -2.36. The van der Waals surface area contributed by atoms with Gasteiger partial charge < -0.3 is 4.74 Å². The van der Waals surface area contributed by atoms with Gasteiger partial charge in [0, 0.05) is 17.5 Å². The minimum absolute atomic E-state index is 0.304. The van der Waals surface area contributed by atoms with Crippen LogP contribution in [0.5, 0.6) is 0 Å². The van der Waals surface area contributed by atoms with Crippen LogP contribution < -0.4 is 0 Å². The van der Waals surface area contributed by atoms with Crippen LogP contribution in [0.4, 0.5) is 0 Å². The molecule has 2 rings (SSSR count). The molecule has 0 saturated carbocycles. The predicted molar refractivity (Wildman–Crippen MR) is 72.7 cm³/mol. The number of hydrogen-bond acceptors (Lipinski definition) is 3. The second-order valence-electron chi connectivity index (χ2n) is 4.10. The minimum atomic E-state index is -0.403. The summed E-state index contributed by atoms with van der Waals surface area (Å²) in [7, 11) is 0. The molecule has 0 N–H and O–H groups in total. The third kappa shape index (κ3) is 2.42. The van der Waals surface area contributed by atoms with Crippen molar-refractivity contribution in [2.45, 2.75) is 13.8 Å². The van der Waals surface area contributed by atoms with Gasteiger partial charge in [-0.1, -0.05) is 30.3 Å². The highest BCUT2D eigenvalue weighted by Gasteiger charge is 2.21. The number of carbonyl (C=O) groups excluding carboxylic acids is 2. The third-order valence-corrected chi connectivity index (χ3v) is 2.96. The average Bonchev–Trinajstić information content (AvgIpc) is 2.77. The molecule has 0 aliphatic carbocycles. The Labute approximate surface area is 111 Å². The second kappa shape index (κ2) is 5.52. The first kappa shape index (κ1) is 13.1. The van der Waals surface area contributed by atoms with Crippen molar-refractivity contribution >= 4 is 12.4 Å². The molecule has 0 spiro atoms. The summed E-state index contributed by atoms with van der Waals surface area (Å²) in [6.45, 7) is 3.79. The van der Waals surface area contributed by atoms with Gasteiger partial charge in [-0.15, -0.1) is 0 Å². The van der Waals surface area contributed by atoms with Crippen LogP contribution in [0, 0.1) is 6.92 Å². The summed E-state index contributed by atoms with van der Waals surface area (Å²) >= 11 is 0. The van der Waals surface area contributed by atoms with Crippen molar-refractivity contribution in [1.29, 1.82) is 0 Å². The van der Waals surface area contributed by atoms with E-state index in [0.29, 0.717) is 29.8 Å². The predicted octanol–water partition coefficient (Wildman–Crippen LogP) is 2.68. The van der Waals surface area contributed by atoms with Crippen LogP contribution in [0.1, 0.15) is 23.0 Å². The van der Waals surface area contributed by atoms with E-state index < -0.39 is 5.97 Å². The molecule has 1 aromatic heterocycles. The molecule has 0 fully saturated rings. The van der Waals surface area contributed by atoms with Gasteiger partial charge >= 0.3 is 5.97 Å². The van der Waals surface area contributed by atoms with E-state index in [0.717, 1.165) is 5.56 Å². The number of benzene rings is 1. The lowest BCUT2D eigenvalue weighted by atomic mass is 10.0. The van der Waals surface area contributed by atoms with Gasteiger partial charge in [-0.2, -0.15) is 0 Å². The molecule has 1 heterocycles. The number of rotatable bonds is 4. The maximum absolute atomic E-state index is 12.0. The molecule has 19 heavy (non-hydrogen) atoms. The second-order valence-corrected chi connectivity index (χ2v) is 4.10. The Morgan fingerprint density at radius 1 is 1.32 bits per heavy atom. The number of hydrogen-bond donors (Lipinski definition) is 0. The maximum atomic E-state index is 12.0. The van der Waals surface area contributed by atoms with Crippen LogP contribution in [0.2, 0.25) is 0 Å². The smallest absolute Gasteiger partial charge is 0.340 e. The van der Waals surface area contributed by atoms with E-state index in [1.807, 2.05) is 30.3 Å². The number of ether oxygens (including phenoxy) is 1. The lowest BCUT2D eigenvalue weighted by Crippen LogP contribution is -2.08. The van der Waals surface area contributed by atoms with E-state index in [-0.39, 0.29) is 0 Å². The highest BCUT2D eigenvalue weighted by Crippen LogP contribution is 2.28. The van der Waals surface area contributed by atoms with Gasteiger partial charge in [0.15, 0.2) is 0 Å². The fourth-order valence-electron chi connectivity index (χ4n) is 2.03. The summed E-state index contributed by atoms with van der Waals surface area (Å²) in [6, 6.07) is 9.46. The Morgan fingerprint density at radius 2 is 2.00 bits per heavy atom. The zero-order valence-electron chi connectivity index (χ0n) is 10.9. The van der Waals surface area contributed by atoms with Crippen LogP contribution in [-0.2, 0) is 9.53 Å². The first-order valence-corrected chi connectivity index (χ1v) is 6.08.